The molecule has 3 aromatic rings. The summed E-state index contributed by atoms with van der Waals surface area (Å²) in [4.78, 5) is 29.4. The van der Waals surface area contributed by atoms with E-state index in [4.69, 9.17) is 11.6 Å². The van der Waals surface area contributed by atoms with Crippen LogP contribution < -0.4 is 5.32 Å². The predicted molar refractivity (Wildman–Crippen MR) is 158 cm³/mol. The highest BCUT2D eigenvalue weighted by Gasteiger charge is 2.31. The molecule has 0 heterocycles. The minimum atomic E-state index is -0.583. The number of nitrogens with one attached hydrogen (secondary N) is 1. The monoisotopic (exact) mass is 548 g/mol. The molecular weight excluding hydrogens is 512 g/mol. The fraction of sp³-hybridized carbons (Fsp3) is 0.375. The zero-order valence-electron chi connectivity index (χ0n) is 22.1. The molecule has 1 aliphatic rings. The summed E-state index contributed by atoms with van der Waals surface area (Å²) >= 11 is 7.70. The molecule has 0 saturated heterocycles. The zero-order valence-corrected chi connectivity index (χ0v) is 23.6. The highest BCUT2D eigenvalue weighted by atomic mass is 35.5. The van der Waals surface area contributed by atoms with Gasteiger partial charge in [-0.1, -0.05) is 103 Å². The molecule has 0 aromatic heterocycles. The molecule has 38 heavy (non-hydrogen) atoms. The lowest BCUT2D eigenvalue weighted by atomic mass is 9.94. The Balaban J connectivity index is 1.56. The minimum absolute atomic E-state index is 0.0303. The van der Waals surface area contributed by atoms with E-state index in [1.807, 2.05) is 66.7 Å². The Labute approximate surface area is 236 Å². The van der Waals surface area contributed by atoms with E-state index in [0.29, 0.717) is 29.5 Å². The number of carbonyl (C=O) groups excluding carboxylic acids is 2. The van der Waals surface area contributed by atoms with Crippen LogP contribution in [-0.2, 0) is 28.3 Å². The first-order chi connectivity index (χ1) is 18.5. The van der Waals surface area contributed by atoms with Crippen LogP contribution in [0, 0.1) is 6.92 Å². The number of carbonyl (C=O) groups is 2. The molecule has 1 aliphatic carbocycles. The molecule has 3 aromatic carbocycles. The molecule has 4 nitrogen and oxygen atoms in total. The molecule has 4 rings (SSSR count). The quantitative estimate of drug-likeness (QED) is 0.281. The van der Waals surface area contributed by atoms with Crippen molar-refractivity contribution in [3.05, 3.63) is 106 Å². The Morgan fingerprint density at radius 3 is 2.34 bits per heavy atom. The smallest absolute Gasteiger partial charge is 0.243 e. The van der Waals surface area contributed by atoms with Crippen molar-refractivity contribution in [1.29, 1.82) is 0 Å². The number of hydrogen-bond acceptors (Lipinski definition) is 3. The van der Waals surface area contributed by atoms with E-state index in [1.165, 1.54) is 12.0 Å². The van der Waals surface area contributed by atoms with Crippen molar-refractivity contribution in [3.63, 3.8) is 0 Å². The molecule has 1 unspecified atom stereocenters. The van der Waals surface area contributed by atoms with Crippen LogP contribution in [-0.4, -0.2) is 34.6 Å². The average molecular weight is 549 g/mol. The minimum Gasteiger partial charge on any atom is -0.352 e. The lowest BCUT2D eigenvalue weighted by Crippen LogP contribution is -2.53. The molecule has 1 N–H and O–H groups in total. The number of nitrogens with zero attached hydrogens (tertiary/aromatic N) is 1. The molecule has 1 atom stereocenters. The normalized spacial score (nSPS) is 14.6. The summed E-state index contributed by atoms with van der Waals surface area (Å²) < 4.78 is 0. The van der Waals surface area contributed by atoms with Gasteiger partial charge in [-0.2, -0.15) is 0 Å². The largest absolute Gasteiger partial charge is 0.352 e. The standard InChI is InChI=1S/C32H37ClN2O2S/c1-24-15-17-26(18-16-24)21-35(31(36)23-38-22-27-11-8-12-28(33)19-27)30(20-25-9-4-2-5-10-25)32(37)34-29-13-6-3-7-14-29/h2,4-5,8-12,15-19,29-30H,3,6-7,13-14,20-23H2,1H3,(H,34,37). The van der Waals surface area contributed by atoms with Crippen LogP contribution in [0.2, 0.25) is 5.02 Å². The Morgan fingerprint density at radius 2 is 1.63 bits per heavy atom. The lowest BCUT2D eigenvalue weighted by Gasteiger charge is -2.33. The van der Waals surface area contributed by atoms with Gasteiger partial charge in [0, 0.05) is 29.8 Å². The summed E-state index contributed by atoms with van der Waals surface area (Å²) in [6, 6.07) is 25.5. The fourth-order valence-corrected chi connectivity index (χ4v) is 6.02. The third-order valence-electron chi connectivity index (χ3n) is 7.08. The Hall–Kier alpha value is -2.76. The van der Waals surface area contributed by atoms with Crippen LogP contribution in [0.5, 0.6) is 0 Å². The highest BCUT2D eigenvalue weighted by molar-refractivity contribution is 7.99. The van der Waals surface area contributed by atoms with E-state index in [9.17, 15) is 9.59 Å². The molecule has 0 spiro atoms. The Kier molecular flexibility index (Phi) is 10.7. The van der Waals surface area contributed by atoms with E-state index < -0.39 is 6.04 Å². The van der Waals surface area contributed by atoms with E-state index >= 15 is 0 Å². The van der Waals surface area contributed by atoms with Crippen molar-refractivity contribution < 1.29 is 9.59 Å². The van der Waals surface area contributed by atoms with Crippen molar-refractivity contribution in [1.82, 2.24) is 10.2 Å². The summed E-state index contributed by atoms with van der Waals surface area (Å²) in [7, 11) is 0. The van der Waals surface area contributed by atoms with Crippen LogP contribution in [0.15, 0.2) is 78.9 Å². The van der Waals surface area contributed by atoms with E-state index in [1.54, 1.807) is 16.7 Å². The van der Waals surface area contributed by atoms with Gasteiger partial charge < -0.3 is 10.2 Å². The first-order valence-corrected chi connectivity index (χ1v) is 15.0. The van der Waals surface area contributed by atoms with Gasteiger partial charge in [-0.3, -0.25) is 9.59 Å². The number of aryl methyl sites for hydroxylation is 1. The molecule has 6 heteroatoms. The molecule has 0 bridgehead atoms. The highest BCUT2D eigenvalue weighted by Crippen LogP contribution is 2.22. The number of rotatable bonds is 11. The van der Waals surface area contributed by atoms with Crippen molar-refractivity contribution in [2.24, 2.45) is 0 Å². The summed E-state index contributed by atoms with van der Waals surface area (Å²) in [6.45, 7) is 2.45. The second kappa shape index (κ2) is 14.4. The van der Waals surface area contributed by atoms with Gasteiger partial charge in [0.05, 0.1) is 5.75 Å². The zero-order chi connectivity index (χ0) is 26.7. The molecule has 1 saturated carbocycles. The van der Waals surface area contributed by atoms with Gasteiger partial charge >= 0.3 is 0 Å². The lowest BCUT2D eigenvalue weighted by molar-refractivity contribution is -0.139. The van der Waals surface area contributed by atoms with Crippen LogP contribution >= 0.6 is 23.4 Å². The predicted octanol–water partition coefficient (Wildman–Crippen LogP) is 6.97. The van der Waals surface area contributed by atoms with Crippen LogP contribution in [0.3, 0.4) is 0 Å². The first kappa shape index (κ1) is 28.3. The summed E-state index contributed by atoms with van der Waals surface area (Å²) in [5.74, 6) is 0.890. The third kappa shape index (κ3) is 8.64. The third-order valence-corrected chi connectivity index (χ3v) is 8.30. The van der Waals surface area contributed by atoms with Crippen molar-refractivity contribution in [3.8, 4) is 0 Å². The van der Waals surface area contributed by atoms with Gasteiger partial charge in [0.15, 0.2) is 0 Å². The van der Waals surface area contributed by atoms with Crippen molar-refractivity contribution >= 4 is 35.2 Å². The fourth-order valence-electron chi connectivity index (χ4n) is 4.95. The molecule has 200 valence electrons. The average Bonchev–Trinajstić information content (AvgIpc) is 2.93. The van der Waals surface area contributed by atoms with Gasteiger partial charge in [-0.15, -0.1) is 11.8 Å². The van der Waals surface area contributed by atoms with Crippen molar-refractivity contribution in [2.75, 3.05) is 5.75 Å². The topological polar surface area (TPSA) is 49.4 Å². The van der Waals surface area contributed by atoms with Gasteiger partial charge in [-0.05, 0) is 48.6 Å². The molecule has 0 radical (unpaired) electrons. The van der Waals surface area contributed by atoms with Crippen LogP contribution in [0.4, 0.5) is 0 Å². The SMILES string of the molecule is Cc1ccc(CN(C(=O)CSCc2cccc(Cl)c2)C(Cc2ccccc2)C(=O)NC2CCCCC2)cc1. The molecule has 2 amide bonds. The summed E-state index contributed by atoms with van der Waals surface area (Å²) in [5.41, 5.74) is 4.31. The summed E-state index contributed by atoms with van der Waals surface area (Å²) in [6.07, 6.45) is 5.99. The first-order valence-electron chi connectivity index (χ1n) is 13.5. The number of amides is 2. The molecule has 0 aliphatic heterocycles. The van der Waals surface area contributed by atoms with E-state index in [-0.39, 0.29) is 17.9 Å². The Bertz CT molecular complexity index is 1180. The van der Waals surface area contributed by atoms with Gasteiger partial charge in [0.1, 0.15) is 6.04 Å². The van der Waals surface area contributed by atoms with Gasteiger partial charge in [0.25, 0.3) is 0 Å². The maximum atomic E-state index is 13.8. The van der Waals surface area contributed by atoms with Crippen molar-refractivity contribution in [2.45, 2.75) is 69.8 Å². The van der Waals surface area contributed by atoms with E-state index in [2.05, 4.69) is 24.4 Å². The van der Waals surface area contributed by atoms with E-state index in [0.717, 1.165) is 42.4 Å². The number of benzene rings is 3. The number of hydrogen-bond donors (Lipinski definition) is 1. The molecule has 1 fully saturated rings. The second-order valence-corrected chi connectivity index (χ2v) is 11.6. The number of thioether (sulfide) groups is 1. The van der Waals surface area contributed by atoms with Gasteiger partial charge in [-0.25, -0.2) is 0 Å². The Morgan fingerprint density at radius 1 is 0.921 bits per heavy atom. The maximum absolute atomic E-state index is 13.8. The molecular formula is C32H37ClN2O2S. The maximum Gasteiger partial charge on any atom is 0.243 e. The number of halogens is 1. The van der Waals surface area contributed by atoms with Crippen LogP contribution in [0.1, 0.15) is 54.4 Å². The van der Waals surface area contributed by atoms with Gasteiger partial charge in [0.2, 0.25) is 11.8 Å². The summed E-state index contributed by atoms with van der Waals surface area (Å²) in [5, 5.41) is 4.00. The van der Waals surface area contributed by atoms with Crippen LogP contribution in [0.25, 0.3) is 0 Å². The second-order valence-electron chi connectivity index (χ2n) is 10.2.